The van der Waals surface area contributed by atoms with Crippen LogP contribution in [-0.4, -0.2) is 4.98 Å². The van der Waals surface area contributed by atoms with Gasteiger partial charge in [-0.2, -0.15) is 0 Å². The van der Waals surface area contributed by atoms with Gasteiger partial charge in [-0.05, 0) is 68.6 Å². The number of pyridine rings is 1. The fourth-order valence-electron chi connectivity index (χ4n) is 9.16. The van der Waals surface area contributed by atoms with E-state index in [0.29, 0.717) is 0 Å². The molecule has 0 unspecified atom stereocenters. The Labute approximate surface area is 319 Å². The molecule has 258 valence electrons. The van der Waals surface area contributed by atoms with Crippen LogP contribution in [0.4, 0.5) is 17.1 Å². The average Bonchev–Trinajstić information content (AvgIpc) is 3.79. The quantitative estimate of drug-likeness (QED) is 0.173. The van der Waals surface area contributed by atoms with Gasteiger partial charge in [-0.1, -0.05) is 164 Å². The number of furan rings is 1. The number of rotatable bonds is 6. The van der Waals surface area contributed by atoms with E-state index >= 15 is 0 Å². The standard InChI is InChI=1S/C52H34N2O/c1-4-15-35(16-5-1)36-27-29-39(30-28-36)54(47-33-48-50(41-22-11-10-21-40(41)47)43-31-32-53-34-49(43)55-48)46-26-14-25-45-51(46)42-23-12-13-24-44(42)52(45,37-17-6-2-7-18-37)38-19-8-3-9-20-38/h1-34H. The molecule has 3 nitrogen and oxygen atoms in total. The maximum absolute atomic E-state index is 6.61. The third-order valence-electron chi connectivity index (χ3n) is 11.4. The molecule has 8 aromatic carbocycles. The molecule has 0 saturated heterocycles. The van der Waals surface area contributed by atoms with Crippen molar-refractivity contribution in [1.82, 2.24) is 4.98 Å². The van der Waals surface area contributed by atoms with E-state index in [1.807, 2.05) is 12.4 Å². The molecule has 0 fully saturated rings. The van der Waals surface area contributed by atoms with E-state index < -0.39 is 5.41 Å². The highest BCUT2D eigenvalue weighted by atomic mass is 16.3. The molecule has 0 atom stereocenters. The van der Waals surface area contributed by atoms with Gasteiger partial charge in [0, 0.05) is 39.7 Å². The fourth-order valence-corrected chi connectivity index (χ4v) is 9.16. The zero-order valence-electron chi connectivity index (χ0n) is 29.9. The highest BCUT2D eigenvalue weighted by Gasteiger charge is 2.47. The molecule has 0 radical (unpaired) electrons. The molecule has 2 heterocycles. The summed E-state index contributed by atoms with van der Waals surface area (Å²) in [5, 5.41) is 4.45. The van der Waals surface area contributed by atoms with Crippen molar-refractivity contribution < 1.29 is 4.42 Å². The van der Waals surface area contributed by atoms with Gasteiger partial charge in [0.2, 0.25) is 0 Å². The van der Waals surface area contributed by atoms with E-state index in [4.69, 9.17) is 4.42 Å². The Balaban J connectivity index is 1.25. The summed E-state index contributed by atoms with van der Waals surface area (Å²) in [6.07, 6.45) is 3.66. The van der Waals surface area contributed by atoms with Crippen molar-refractivity contribution in [3.8, 4) is 22.3 Å². The first-order chi connectivity index (χ1) is 27.3. The van der Waals surface area contributed by atoms with Crippen molar-refractivity contribution in [1.29, 1.82) is 0 Å². The average molecular weight is 703 g/mol. The topological polar surface area (TPSA) is 29.3 Å². The molecule has 0 bridgehead atoms. The summed E-state index contributed by atoms with van der Waals surface area (Å²) in [5.41, 5.74) is 14.1. The Morgan fingerprint density at radius 1 is 0.455 bits per heavy atom. The van der Waals surface area contributed by atoms with Gasteiger partial charge in [-0.3, -0.25) is 4.98 Å². The van der Waals surface area contributed by atoms with Crippen molar-refractivity contribution in [2.24, 2.45) is 0 Å². The summed E-state index contributed by atoms with van der Waals surface area (Å²) >= 11 is 0. The third-order valence-corrected chi connectivity index (χ3v) is 11.4. The molecule has 2 aromatic heterocycles. The first-order valence-corrected chi connectivity index (χ1v) is 18.8. The van der Waals surface area contributed by atoms with Crippen LogP contribution in [0.1, 0.15) is 22.3 Å². The number of nitrogens with zero attached hydrogens (tertiary/aromatic N) is 2. The second-order valence-electron chi connectivity index (χ2n) is 14.3. The molecular formula is C52H34N2O. The lowest BCUT2D eigenvalue weighted by atomic mass is 9.68. The van der Waals surface area contributed by atoms with Crippen LogP contribution in [-0.2, 0) is 5.41 Å². The second-order valence-corrected chi connectivity index (χ2v) is 14.3. The minimum absolute atomic E-state index is 0.523. The summed E-state index contributed by atoms with van der Waals surface area (Å²) in [7, 11) is 0. The van der Waals surface area contributed by atoms with Crippen LogP contribution in [0.2, 0.25) is 0 Å². The van der Waals surface area contributed by atoms with Crippen LogP contribution in [0.25, 0.3) is 55.0 Å². The zero-order chi connectivity index (χ0) is 36.3. The second kappa shape index (κ2) is 12.4. The van der Waals surface area contributed by atoms with Crippen LogP contribution in [0.5, 0.6) is 0 Å². The van der Waals surface area contributed by atoms with Crippen LogP contribution >= 0.6 is 0 Å². The van der Waals surface area contributed by atoms with Gasteiger partial charge in [-0.15, -0.1) is 0 Å². The molecule has 0 spiro atoms. The third kappa shape index (κ3) is 4.66. The lowest BCUT2D eigenvalue weighted by Gasteiger charge is -2.34. The molecule has 0 N–H and O–H groups in total. The first-order valence-electron chi connectivity index (χ1n) is 18.8. The summed E-state index contributed by atoms with van der Waals surface area (Å²) in [5.74, 6) is 0. The van der Waals surface area contributed by atoms with Gasteiger partial charge in [0.05, 0.1) is 23.0 Å². The Kier molecular flexibility index (Phi) is 7.08. The molecule has 0 saturated carbocycles. The van der Waals surface area contributed by atoms with Crippen LogP contribution in [0.3, 0.4) is 0 Å². The number of aromatic nitrogens is 1. The van der Waals surface area contributed by atoms with E-state index in [9.17, 15) is 0 Å². The molecule has 0 aliphatic heterocycles. The van der Waals surface area contributed by atoms with Crippen molar-refractivity contribution in [3.05, 3.63) is 229 Å². The molecule has 1 aliphatic carbocycles. The lowest BCUT2D eigenvalue weighted by Crippen LogP contribution is -2.28. The van der Waals surface area contributed by atoms with E-state index in [2.05, 4.69) is 204 Å². The Morgan fingerprint density at radius 3 is 1.82 bits per heavy atom. The maximum atomic E-state index is 6.61. The fraction of sp³-hybridized carbons (Fsp3) is 0.0192. The predicted molar refractivity (Wildman–Crippen MR) is 226 cm³/mol. The smallest absolute Gasteiger partial charge is 0.153 e. The minimum atomic E-state index is -0.523. The highest BCUT2D eigenvalue weighted by molar-refractivity contribution is 6.22. The van der Waals surface area contributed by atoms with Crippen molar-refractivity contribution in [2.75, 3.05) is 4.90 Å². The van der Waals surface area contributed by atoms with Crippen molar-refractivity contribution in [2.45, 2.75) is 5.41 Å². The molecule has 10 aromatic rings. The predicted octanol–water partition coefficient (Wildman–Crippen LogP) is 13.6. The van der Waals surface area contributed by atoms with E-state index in [0.717, 1.165) is 49.8 Å². The van der Waals surface area contributed by atoms with Gasteiger partial charge in [0.1, 0.15) is 5.58 Å². The molecule has 0 amide bonds. The SMILES string of the molecule is c1ccc(-c2ccc(N(c3cccc4c3-c3ccccc3C4(c3ccccc3)c3ccccc3)c3cc4oc5cnccc5c4c4ccccc34)cc2)cc1. The molecule has 55 heavy (non-hydrogen) atoms. The van der Waals surface area contributed by atoms with Crippen LogP contribution < -0.4 is 4.90 Å². The Hall–Kier alpha value is -7.23. The maximum Gasteiger partial charge on any atom is 0.153 e. The van der Waals surface area contributed by atoms with E-state index in [-0.39, 0.29) is 0 Å². The molecule has 11 rings (SSSR count). The van der Waals surface area contributed by atoms with Gasteiger partial charge < -0.3 is 9.32 Å². The highest BCUT2D eigenvalue weighted by Crippen LogP contribution is 2.60. The van der Waals surface area contributed by atoms with Gasteiger partial charge >= 0.3 is 0 Å². The summed E-state index contributed by atoms with van der Waals surface area (Å²) in [6, 6.07) is 70.4. The zero-order valence-corrected chi connectivity index (χ0v) is 29.9. The summed E-state index contributed by atoms with van der Waals surface area (Å²) < 4.78 is 6.61. The summed E-state index contributed by atoms with van der Waals surface area (Å²) in [4.78, 5) is 6.84. The van der Waals surface area contributed by atoms with E-state index in [1.54, 1.807) is 0 Å². The number of fused-ring (bicyclic) bond motifs is 8. The van der Waals surface area contributed by atoms with Crippen LogP contribution in [0.15, 0.2) is 211 Å². The normalized spacial score (nSPS) is 12.9. The monoisotopic (exact) mass is 702 g/mol. The van der Waals surface area contributed by atoms with Crippen molar-refractivity contribution in [3.63, 3.8) is 0 Å². The summed E-state index contributed by atoms with van der Waals surface area (Å²) in [6.45, 7) is 0. The van der Waals surface area contributed by atoms with Gasteiger partial charge in [-0.25, -0.2) is 0 Å². The van der Waals surface area contributed by atoms with Gasteiger partial charge in [0.15, 0.2) is 5.58 Å². The first kappa shape index (κ1) is 31.3. The molecule has 3 heteroatoms. The number of benzene rings is 8. The van der Waals surface area contributed by atoms with Crippen molar-refractivity contribution >= 4 is 49.8 Å². The lowest BCUT2D eigenvalue weighted by molar-refractivity contribution is 0.667. The largest absolute Gasteiger partial charge is 0.454 e. The van der Waals surface area contributed by atoms with Crippen LogP contribution in [0, 0.1) is 0 Å². The number of hydrogen-bond donors (Lipinski definition) is 0. The number of anilines is 3. The number of hydrogen-bond acceptors (Lipinski definition) is 3. The minimum Gasteiger partial charge on any atom is -0.454 e. The Bertz CT molecular complexity index is 2980. The molecule has 1 aliphatic rings. The molecular weight excluding hydrogens is 669 g/mol. The van der Waals surface area contributed by atoms with Gasteiger partial charge in [0.25, 0.3) is 0 Å². The van der Waals surface area contributed by atoms with E-state index in [1.165, 1.54) is 44.5 Å². The Morgan fingerprint density at radius 2 is 1.07 bits per heavy atom.